The lowest BCUT2D eigenvalue weighted by Gasteiger charge is -2.32. The quantitative estimate of drug-likeness (QED) is 0.784. The van der Waals surface area contributed by atoms with E-state index in [-0.39, 0.29) is 12.0 Å². The minimum Gasteiger partial charge on any atom is -0.367 e. The number of carbonyl (C=O) groups excluding carboxylic acids is 1. The molecule has 1 amide bonds. The van der Waals surface area contributed by atoms with Crippen molar-refractivity contribution < 1.29 is 9.53 Å². The highest BCUT2D eigenvalue weighted by atomic mass is 16.5. The van der Waals surface area contributed by atoms with E-state index in [1.165, 1.54) is 0 Å². The highest BCUT2D eigenvalue weighted by Gasteiger charge is 2.27. The number of carbonyl (C=O) groups is 1. The zero-order valence-corrected chi connectivity index (χ0v) is 15.3. The van der Waals surface area contributed by atoms with E-state index in [1.54, 1.807) is 12.4 Å². The molecule has 7 nitrogen and oxygen atoms in total. The number of morpholine rings is 1. The smallest absolute Gasteiger partial charge is 0.224 e. The maximum Gasteiger partial charge on any atom is 0.224 e. The van der Waals surface area contributed by atoms with Gasteiger partial charge in [0.25, 0.3) is 0 Å². The van der Waals surface area contributed by atoms with Crippen LogP contribution in [-0.4, -0.2) is 63.9 Å². The highest BCUT2D eigenvalue weighted by Crippen LogP contribution is 2.19. The minimum absolute atomic E-state index is 0.143. The van der Waals surface area contributed by atoms with Crippen LogP contribution in [0.2, 0.25) is 0 Å². The van der Waals surface area contributed by atoms with E-state index in [9.17, 15) is 4.79 Å². The summed E-state index contributed by atoms with van der Waals surface area (Å²) in [5, 5.41) is 0. The normalized spacial score (nSPS) is 17.5. The molecule has 3 rings (SSSR count). The third kappa shape index (κ3) is 5.06. The van der Waals surface area contributed by atoms with Crippen molar-refractivity contribution in [3.05, 3.63) is 53.9 Å². The van der Waals surface area contributed by atoms with Crippen LogP contribution in [0, 0.1) is 6.92 Å². The van der Waals surface area contributed by atoms with Crippen molar-refractivity contribution in [3.63, 3.8) is 0 Å². The Bertz CT molecular complexity index is 725. The molecule has 1 aliphatic heterocycles. The third-order valence-electron chi connectivity index (χ3n) is 4.40. The zero-order chi connectivity index (χ0) is 18.4. The topological polar surface area (TPSA) is 71.5 Å². The summed E-state index contributed by atoms with van der Waals surface area (Å²) in [7, 11) is 2.02. The lowest BCUT2D eigenvalue weighted by molar-refractivity contribution is -0.139. The molecule has 0 aliphatic carbocycles. The van der Waals surface area contributed by atoms with Gasteiger partial charge in [0.1, 0.15) is 6.10 Å². The maximum atomic E-state index is 12.6. The molecule has 0 spiro atoms. The van der Waals surface area contributed by atoms with Gasteiger partial charge in [0.2, 0.25) is 5.91 Å². The molecule has 2 aromatic rings. The van der Waals surface area contributed by atoms with E-state index in [4.69, 9.17) is 4.74 Å². The number of amides is 1. The first-order chi connectivity index (χ1) is 12.6. The van der Waals surface area contributed by atoms with Gasteiger partial charge in [-0.1, -0.05) is 6.07 Å². The van der Waals surface area contributed by atoms with Gasteiger partial charge in [-0.15, -0.1) is 0 Å². The first kappa shape index (κ1) is 18.4. The Labute approximate surface area is 154 Å². The maximum absolute atomic E-state index is 12.6. The summed E-state index contributed by atoms with van der Waals surface area (Å²) in [6.07, 6.45) is 5.58. The SMILES string of the molecule is Cc1ccnc([C@H]2CN(C(=O)CCN(C)Cc3cccnc3)CCO2)n1. The van der Waals surface area contributed by atoms with Crippen LogP contribution >= 0.6 is 0 Å². The molecule has 1 atom stereocenters. The van der Waals surface area contributed by atoms with Crippen molar-refractivity contribution in [2.75, 3.05) is 33.3 Å². The monoisotopic (exact) mass is 355 g/mol. The van der Waals surface area contributed by atoms with Gasteiger partial charge in [0.15, 0.2) is 5.82 Å². The van der Waals surface area contributed by atoms with E-state index >= 15 is 0 Å². The Hall–Kier alpha value is -2.38. The first-order valence-corrected chi connectivity index (χ1v) is 8.88. The van der Waals surface area contributed by atoms with Crippen LogP contribution in [-0.2, 0) is 16.1 Å². The molecule has 138 valence electrons. The van der Waals surface area contributed by atoms with Gasteiger partial charge in [-0.3, -0.25) is 9.78 Å². The molecule has 0 N–H and O–H groups in total. The molecule has 3 heterocycles. The number of ether oxygens (including phenoxy) is 1. The zero-order valence-electron chi connectivity index (χ0n) is 15.3. The van der Waals surface area contributed by atoms with Crippen molar-refractivity contribution >= 4 is 5.91 Å². The number of nitrogens with zero attached hydrogens (tertiary/aromatic N) is 5. The molecule has 1 fully saturated rings. The van der Waals surface area contributed by atoms with Gasteiger partial charge in [0, 0.05) is 50.3 Å². The largest absolute Gasteiger partial charge is 0.367 e. The third-order valence-corrected chi connectivity index (χ3v) is 4.40. The van der Waals surface area contributed by atoms with Gasteiger partial charge in [0.05, 0.1) is 13.2 Å². The van der Waals surface area contributed by atoms with E-state index in [0.29, 0.717) is 38.5 Å². The number of aryl methyl sites for hydroxylation is 1. The Kier molecular flexibility index (Phi) is 6.25. The summed E-state index contributed by atoms with van der Waals surface area (Å²) in [4.78, 5) is 29.4. The number of hydrogen-bond acceptors (Lipinski definition) is 6. The molecule has 0 unspecified atom stereocenters. The molecule has 0 saturated carbocycles. The Morgan fingerprint density at radius 2 is 2.27 bits per heavy atom. The lowest BCUT2D eigenvalue weighted by Crippen LogP contribution is -2.43. The molecule has 0 bridgehead atoms. The molecule has 26 heavy (non-hydrogen) atoms. The van der Waals surface area contributed by atoms with Gasteiger partial charge in [-0.05, 0) is 31.7 Å². The van der Waals surface area contributed by atoms with Crippen molar-refractivity contribution in [1.29, 1.82) is 0 Å². The minimum atomic E-state index is -0.249. The molecule has 1 aliphatic rings. The second-order valence-electron chi connectivity index (χ2n) is 6.60. The summed E-state index contributed by atoms with van der Waals surface area (Å²) < 4.78 is 5.77. The van der Waals surface area contributed by atoms with Gasteiger partial charge in [-0.2, -0.15) is 0 Å². The molecule has 0 radical (unpaired) electrons. The molecule has 0 aromatic carbocycles. The van der Waals surface area contributed by atoms with Crippen LogP contribution in [0.15, 0.2) is 36.8 Å². The summed E-state index contributed by atoms with van der Waals surface area (Å²) in [6, 6.07) is 5.82. The van der Waals surface area contributed by atoms with Crippen molar-refractivity contribution in [3.8, 4) is 0 Å². The Morgan fingerprint density at radius 1 is 1.38 bits per heavy atom. The second kappa shape index (κ2) is 8.82. The number of rotatable bonds is 6. The fourth-order valence-electron chi connectivity index (χ4n) is 2.98. The average molecular weight is 355 g/mol. The lowest BCUT2D eigenvalue weighted by atomic mass is 10.2. The number of aromatic nitrogens is 3. The summed E-state index contributed by atoms with van der Waals surface area (Å²) in [5.41, 5.74) is 2.05. The average Bonchev–Trinajstić information content (AvgIpc) is 2.67. The van der Waals surface area contributed by atoms with E-state index in [0.717, 1.165) is 17.8 Å². The van der Waals surface area contributed by atoms with E-state index in [2.05, 4.69) is 19.9 Å². The van der Waals surface area contributed by atoms with Gasteiger partial charge >= 0.3 is 0 Å². The van der Waals surface area contributed by atoms with Crippen LogP contribution in [0.3, 0.4) is 0 Å². The molecule has 2 aromatic heterocycles. The van der Waals surface area contributed by atoms with Gasteiger partial charge < -0.3 is 14.5 Å². The summed E-state index contributed by atoms with van der Waals surface area (Å²) >= 11 is 0. The van der Waals surface area contributed by atoms with E-state index in [1.807, 2.05) is 43.3 Å². The first-order valence-electron chi connectivity index (χ1n) is 8.88. The predicted octanol–water partition coefficient (Wildman–Crippen LogP) is 1.60. The van der Waals surface area contributed by atoms with Crippen molar-refractivity contribution in [2.45, 2.75) is 26.0 Å². The van der Waals surface area contributed by atoms with E-state index < -0.39 is 0 Å². The summed E-state index contributed by atoms with van der Waals surface area (Å²) in [6.45, 7) is 5.05. The number of hydrogen-bond donors (Lipinski definition) is 0. The predicted molar refractivity (Wildman–Crippen MR) is 97.2 cm³/mol. The standard InChI is InChI=1S/C19H25N5O2/c1-15-5-8-21-19(22-15)17-14-24(10-11-26-17)18(25)6-9-23(2)13-16-4-3-7-20-12-16/h3-5,7-8,12,17H,6,9-11,13-14H2,1-2H3/t17-/m1/s1. The van der Waals surface area contributed by atoms with Gasteiger partial charge in [-0.25, -0.2) is 9.97 Å². The fraction of sp³-hybridized carbons (Fsp3) is 0.474. The van der Waals surface area contributed by atoms with Crippen LogP contribution < -0.4 is 0 Å². The Balaban J connectivity index is 1.49. The van der Waals surface area contributed by atoms with Crippen LogP contribution in [0.5, 0.6) is 0 Å². The second-order valence-corrected chi connectivity index (χ2v) is 6.60. The molecular weight excluding hydrogens is 330 g/mol. The van der Waals surface area contributed by atoms with Crippen LogP contribution in [0.1, 0.15) is 29.6 Å². The van der Waals surface area contributed by atoms with Crippen molar-refractivity contribution in [2.24, 2.45) is 0 Å². The summed E-state index contributed by atoms with van der Waals surface area (Å²) in [5.74, 6) is 0.792. The highest BCUT2D eigenvalue weighted by molar-refractivity contribution is 5.76. The molecular formula is C19H25N5O2. The molecule has 7 heteroatoms. The van der Waals surface area contributed by atoms with Crippen LogP contribution in [0.25, 0.3) is 0 Å². The fourth-order valence-corrected chi connectivity index (χ4v) is 2.98. The van der Waals surface area contributed by atoms with Crippen molar-refractivity contribution in [1.82, 2.24) is 24.8 Å². The molecule has 1 saturated heterocycles. The number of pyridine rings is 1. The Morgan fingerprint density at radius 3 is 3.04 bits per heavy atom. The van der Waals surface area contributed by atoms with Crippen LogP contribution in [0.4, 0.5) is 0 Å².